The Labute approximate surface area is 241 Å². The standard InChI is InChI=1S/C29H32F3N9O/c1-18-15-19(7-9-22(18)23-5-4-10-34-25(23)33)26-36-27(38-40(26)3)37-28(42)35-21-8-6-20(24(16-21)29(30,31)32)17-41-13-11-39(2)12-14-41/h4-10,15-16H,11-14,17H2,1-3H3,(H2,33,34)(H2,35,37,38,42). The Balaban J connectivity index is 1.28. The quantitative estimate of drug-likeness (QED) is 0.299. The lowest BCUT2D eigenvalue weighted by atomic mass is 9.98. The Morgan fingerprint density at radius 1 is 1.00 bits per heavy atom. The van der Waals surface area contributed by atoms with E-state index in [1.807, 2.05) is 49.2 Å². The molecule has 3 heterocycles. The molecule has 1 aliphatic rings. The number of nitrogens with two attached hydrogens (primary N) is 1. The van der Waals surface area contributed by atoms with Gasteiger partial charge in [-0.05, 0) is 61.0 Å². The number of urea groups is 1. The number of carbonyl (C=O) groups excluding carboxylic acids is 1. The summed E-state index contributed by atoms with van der Waals surface area (Å²) in [5.41, 5.74) is 8.89. The molecule has 2 amide bonds. The molecule has 5 rings (SSSR count). The molecule has 4 N–H and O–H groups in total. The molecule has 0 aliphatic carbocycles. The van der Waals surface area contributed by atoms with E-state index in [0.717, 1.165) is 41.4 Å². The fraction of sp³-hybridized carbons (Fsp3) is 0.310. The molecule has 1 fully saturated rings. The number of amides is 2. The molecule has 220 valence electrons. The largest absolute Gasteiger partial charge is 0.416 e. The van der Waals surface area contributed by atoms with Crippen molar-refractivity contribution in [1.29, 1.82) is 0 Å². The molecule has 13 heteroatoms. The SMILES string of the molecule is Cc1cc(-c2nc(NC(=O)Nc3ccc(CN4CCN(C)CC4)c(C(F)(F)F)c3)nn2C)ccc1-c1cccnc1N. The number of rotatable bonds is 6. The van der Waals surface area contributed by atoms with E-state index in [1.165, 1.54) is 16.8 Å². The van der Waals surface area contributed by atoms with Crippen LogP contribution in [0.2, 0.25) is 0 Å². The highest BCUT2D eigenvalue weighted by molar-refractivity contribution is 5.98. The van der Waals surface area contributed by atoms with Crippen LogP contribution in [0, 0.1) is 6.92 Å². The molecule has 0 unspecified atom stereocenters. The van der Waals surface area contributed by atoms with Gasteiger partial charge >= 0.3 is 12.2 Å². The van der Waals surface area contributed by atoms with E-state index >= 15 is 0 Å². The third-order valence-electron chi connectivity index (χ3n) is 7.26. The summed E-state index contributed by atoms with van der Waals surface area (Å²) in [7, 11) is 3.67. The first kappa shape index (κ1) is 29.0. The van der Waals surface area contributed by atoms with Gasteiger partial charge in [0, 0.05) is 62.8 Å². The molecule has 0 saturated carbocycles. The van der Waals surface area contributed by atoms with E-state index in [2.05, 4.69) is 30.6 Å². The number of nitrogen functional groups attached to an aromatic ring is 1. The lowest BCUT2D eigenvalue weighted by Gasteiger charge is -2.33. The molecule has 1 saturated heterocycles. The van der Waals surface area contributed by atoms with E-state index < -0.39 is 17.8 Å². The summed E-state index contributed by atoms with van der Waals surface area (Å²) in [6.07, 6.45) is -2.93. The Morgan fingerprint density at radius 2 is 1.76 bits per heavy atom. The maximum Gasteiger partial charge on any atom is 0.416 e. The summed E-state index contributed by atoms with van der Waals surface area (Å²) in [6, 6.07) is 12.5. The first-order chi connectivity index (χ1) is 20.0. The van der Waals surface area contributed by atoms with Crippen molar-refractivity contribution in [2.45, 2.75) is 19.6 Å². The van der Waals surface area contributed by atoms with Gasteiger partial charge in [0.15, 0.2) is 5.82 Å². The van der Waals surface area contributed by atoms with Crippen molar-refractivity contribution in [3.05, 3.63) is 71.4 Å². The van der Waals surface area contributed by atoms with Gasteiger partial charge in [0.2, 0.25) is 0 Å². The van der Waals surface area contributed by atoms with Crippen molar-refractivity contribution in [1.82, 2.24) is 29.5 Å². The number of aryl methyl sites for hydroxylation is 2. The number of aromatic nitrogens is 4. The number of benzene rings is 2. The average Bonchev–Trinajstić information content (AvgIpc) is 3.30. The minimum Gasteiger partial charge on any atom is -0.383 e. The van der Waals surface area contributed by atoms with Crippen LogP contribution < -0.4 is 16.4 Å². The van der Waals surface area contributed by atoms with Crippen LogP contribution in [-0.2, 0) is 19.8 Å². The van der Waals surface area contributed by atoms with Crippen molar-refractivity contribution >= 4 is 23.5 Å². The minimum atomic E-state index is -4.57. The topological polar surface area (TPSA) is 117 Å². The number of hydrogen-bond acceptors (Lipinski definition) is 7. The molecule has 0 radical (unpaired) electrons. The summed E-state index contributed by atoms with van der Waals surface area (Å²) in [5, 5.41) is 9.23. The summed E-state index contributed by atoms with van der Waals surface area (Å²) in [5.74, 6) is 0.925. The van der Waals surface area contributed by atoms with E-state index in [-0.39, 0.29) is 23.7 Å². The van der Waals surface area contributed by atoms with Gasteiger partial charge in [0.25, 0.3) is 5.95 Å². The Kier molecular flexibility index (Phi) is 8.14. The number of nitrogens with zero attached hydrogens (tertiary/aromatic N) is 6. The zero-order chi connectivity index (χ0) is 30.0. The summed E-state index contributed by atoms with van der Waals surface area (Å²) in [6.45, 7) is 5.12. The Morgan fingerprint density at radius 3 is 2.45 bits per heavy atom. The summed E-state index contributed by atoms with van der Waals surface area (Å²) in [4.78, 5) is 25.4. The highest BCUT2D eigenvalue weighted by atomic mass is 19.4. The van der Waals surface area contributed by atoms with Crippen LogP contribution in [0.15, 0.2) is 54.7 Å². The third-order valence-corrected chi connectivity index (χ3v) is 7.26. The molecule has 0 bridgehead atoms. The average molecular weight is 580 g/mol. The molecule has 4 aromatic rings. The molecule has 0 spiro atoms. The fourth-order valence-electron chi connectivity index (χ4n) is 5.01. The number of alkyl halides is 3. The van der Waals surface area contributed by atoms with Gasteiger partial charge in [-0.1, -0.05) is 18.2 Å². The molecular weight excluding hydrogens is 547 g/mol. The predicted molar refractivity (Wildman–Crippen MR) is 156 cm³/mol. The highest BCUT2D eigenvalue weighted by Gasteiger charge is 2.34. The zero-order valence-electron chi connectivity index (χ0n) is 23.5. The number of nitrogens with one attached hydrogen (secondary N) is 2. The van der Waals surface area contributed by atoms with Crippen LogP contribution in [0.1, 0.15) is 16.7 Å². The molecular formula is C29H32F3N9O. The van der Waals surface area contributed by atoms with E-state index in [1.54, 1.807) is 13.2 Å². The second-order valence-corrected chi connectivity index (χ2v) is 10.4. The van der Waals surface area contributed by atoms with Gasteiger partial charge in [-0.25, -0.2) is 14.5 Å². The van der Waals surface area contributed by atoms with Crippen LogP contribution in [0.4, 0.5) is 35.4 Å². The zero-order valence-corrected chi connectivity index (χ0v) is 23.5. The molecule has 42 heavy (non-hydrogen) atoms. The van der Waals surface area contributed by atoms with Crippen molar-refractivity contribution < 1.29 is 18.0 Å². The lowest BCUT2D eigenvalue weighted by Crippen LogP contribution is -2.44. The van der Waals surface area contributed by atoms with Crippen molar-refractivity contribution in [2.75, 3.05) is 49.6 Å². The van der Waals surface area contributed by atoms with Crippen LogP contribution in [0.5, 0.6) is 0 Å². The fourth-order valence-corrected chi connectivity index (χ4v) is 5.01. The predicted octanol–water partition coefficient (Wildman–Crippen LogP) is 4.84. The molecule has 10 nitrogen and oxygen atoms in total. The van der Waals surface area contributed by atoms with Crippen LogP contribution >= 0.6 is 0 Å². The third kappa shape index (κ3) is 6.52. The Bertz CT molecular complexity index is 1590. The number of hydrogen-bond donors (Lipinski definition) is 3. The lowest BCUT2D eigenvalue weighted by molar-refractivity contribution is -0.138. The normalized spacial score (nSPS) is 14.6. The van der Waals surface area contributed by atoms with Crippen LogP contribution in [0.3, 0.4) is 0 Å². The number of pyridine rings is 1. The number of likely N-dealkylation sites (N-methyl/N-ethyl adjacent to an activating group) is 1. The van der Waals surface area contributed by atoms with E-state index in [4.69, 9.17) is 5.73 Å². The molecule has 2 aromatic heterocycles. The monoisotopic (exact) mass is 579 g/mol. The van der Waals surface area contributed by atoms with Crippen molar-refractivity contribution in [3.63, 3.8) is 0 Å². The minimum absolute atomic E-state index is 0.00552. The number of halogens is 3. The molecule has 2 aromatic carbocycles. The van der Waals surface area contributed by atoms with E-state index in [9.17, 15) is 18.0 Å². The second-order valence-electron chi connectivity index (χ2n) is 10.4. The van der Waals surface area contributed by atoms with Gasteiger partial charge in [-0.2, -0.15) is 18.2 Å². The van der Waals surface area contributed by atoms with E-state index in [0.29, 0.717) is 24.7 Å². The smallest absolute Gasteiger partial charge is 0.383 e. The second kappa shape index (κ2) is 11.8. The van der Waals surface area contributed by atoms with Crippen LogP contribution in [-0.4, -0.2) is 68.8 Å². The van der Waals surface area contributed by atoms with Gasteiger partial charge in [0.05, 0.1) is 5.56 Å². The maximum atomic E-state index is 13.9. The first-order valence-corrected chi connectivity index (χ1v) is 13.4. The molecule has 1 aliphatic heterocycles. The van der Waals surface area contributed by atoms with Gasteiger partial charge in [-0.3, -0.25) is 10.2 Å². The summed E-state index contributed by atoms with van der Waals surface area (Å²) >= 11 is 0. The Hall–Kier alpha value is -4.49. The van der Waals surface area contributed by atoms with Crippen LogP contribution in [0.25, 0.3) is 22.5 Å². The van der Waals surface area contributed by atoms with Crippen molar-refractivity contribution in [3.8, 4) is 22.5 Å². The van der Waals surface area contributed by atoms with Gasteiger partial charge in [0.1, 0.15) is 5.82 Å². The van der Waals surface area contributed by atoms with Gasteiger partial charge in [-0.15, -0.1) is 5.10 Å². The van der Waals surface area contributed by atoms with Gasteiger partial charge < -0.3 is 16.0 Å². The highest BCUT2D eigenvalue weighted by Crippen LogP contribution is 2.35. The number of carbonyl (C=O) groups is 1. The number of piperazine rings is 1. The van der Waals surface area contributed by atoms with Crippen molar-refractivity contribution in [2.24, 2.45) is 7.05 Å². The number of anilines is 3. The summed E-state index contributed by atoms with van der Waals surface area (Å²) < 4.78 is 43.3. The molecule has 0 atom stereocenters. The maximum absolute atomic E-state index is 13.9. The first-order valence-electron chi connectivity index (χ1n) is 13.4.